The Kier molecular flexibility index (Phi) is 4.99. The van der Waals surface area contributed by atoms with Gasteiger partial charge in [0.1, 0.15) is 5.75 Å². The van der Waals surface area contributed by atoms with Gasteiger partial charge in [-0.2, -0.15) is 13.9 Å². The fraction of sp³-hybridized carbons (Fsp3) is 0.471. The van der Waals surface area contributed by atoms with Crippen molar-refractivity contribution < 1.29 is 13.5 Å². The number of benzene rings is 1. The van der Waals surface area contributed by atoms with Crippen LogP contribution in [0.4, 0.5) is 14.5 Å². The first-order valence-electron chi connectivity index (χ1n) is 8.04. The van der Waals surface area contributed by atoms with Gasteiger partial charge in [0, 0.05) is 44.0 Å². The number of halogens is 2. The van der Waals surface area contributed by atoms with Crippen LogP contribution in [-0.4, -0.2) is 35.5 Å². The highest BCUT2D eigenvalue weighted by atomic mass is 19.3. The third kappa shape index (κ3) is 3.67. The summed E-state index contributed by atoms with van der Waals surface area (Å²) < 4.78 is 31.6. The monoisotopic (exact) mass is 336 g/mol. The first kappa shape index (κ1) is 16.7. The Hall–Kier alpha value is -2.15. The molecule has 0 radical (unpaired) electrons. The third-order valence-corrected chi connectivity index (χ3v) is 4.53. The zero-order valence-corrected chi connectivity index (χ0v) is 13.9. The molecule has 0 spiro atoms. The summed E-state index contributed by atoms with van der Waals surface area (Å²) in [6.07, 6.45) is 2.84. The average molecular weight is 336 g/mol. The standard InChI is InChI=1S/C17H22F2N4O/c1-12-13(10-21-22(12)2)9-20-14-7-8-23(11-14)15-5-3-4-6-16(15)24-17(18)19/h3-6,10,14,17,20H,7-9,11H2,1-2H3/t14-/m0/s1. The van der Waals surface area contributed by atoms with Crippen LogP contribution in [0.2, 0.25) is 0 Å². The van der Waals surface area contributed by atoms with Crippen molar-refractivity contribution in [1.82, 2.24) is 15.1 Å². The molecule has 1 aromatic carbocycles. The van der Waals surface area contributed by atoms with E-state index in [4.69, 9.17) is 0 Å². The lowest BCUT2D eigenvalue weighted by Gasteiger charge is -2.22. The lowest BCUT2D eigenvalue weighted by Crippen LogP contribution is -2.32. The van der Waals surface area contributed by atoms with Crippen molar-refractivity contribution in [2.45, 2.75) is 32.5 Å². The molecule has 1 fully saturated rings. The molecule has 0 saturated carbocycles. The molecule has 0 amide bonds. The predicted octanol–water partition coefficient (Wildman–Crippen LogP) is 2.70. The Morgan fingerprint density at radius 3 is 2.88 bits per heavy atom. The SMILES string of the molecule is Cc1c(CN[C@H]2CCN(c3ccccc3OC(F)F)C2)cnn1C. The number of nitrogens with zero attached hydrogens (tertiary/aromatic N) is 3. The molecule has 1 aliphatic heterocycles. The van der Waals surface area contributed by atoms with Crippen LogP contribution < -0.4 is 15.0 Å². The van der Waals surface area contributed by atoms with E-state index in [1.165, 1.54) is 5.56 Å². The highest BCUT2D eigenvalue weighted by molar-refractivity contribution is 5.59. The van der Waals surface area contributed by atoms with Gasteiger partial charge in [0.05, 0.1) is 11.9 Å². The van der Waals surface area contributed by atoms with Gasteiger partial charge in [-0.25, -0.2) is 0 Å². The van der Waals surface area contributed by atoms with Gasteiger partial charge in [0.15, 0.2) is 0 Å². The molecule has 130 valence electrons. The van der Waals surface area contributed by atoms with E-state index >= 15 is 0 Å². The predicted molar refractivity (Wildman–Crippen MR) is 88.5 cm³/mol. The molecule has 1 N–H and O–H groups in total. The molecule has 7 heteroatoms. The summed E-state index contributed by atoms with van der Waals surface area (Å²) in [5.41, 5.74) is 3.05. The number of ether oxygens (including phenoxy) is 1. The molecule has 0 unspecified atom stereocenters. The van der Waals surface area contributed by atoms with Crippen molar-refractivity contribution in [3.05, 3.63) is 41.7 Å². The minimum absolute atomic E-state index is 0.233. The lowest BCUT2D eigenvalue weighted by atomic mass is 10.2. The number of aryl methyl sites for hydroxylation is 1. The van der Waals surface area contributed by atoms with E-state index in [1.807, 2.05) is 37.0 Å². The Morgan fingerprint density at radius 2 is 2.17 bits per heavy atom. The second-order valence-corrected chi connectivity index (χ2v) is 6.04. The average Bonchev–Trinajstić information content (AvgIpc) is 3.14. The third-order valence-electron chi connectivity index (χ3n) is 4.53. The molecule has 3 rings (SSSR count). The van der Waals surface area contributed by atoms with Crippen molar-refractivity contribution in [2.24, 2.45) is 7.05 Å². The number of anilines is 1. The number of alkyl halides is 2. The highest BCUT2D eigenvalue weighted by Gasteiger charge is 2.25. The summed E-state index contributed by atoms with van der Waals surface area (Å²) in [5, 5.41) is 7.77. The van der Waals surface area contributed by atoms with Crippen LogP contribution >= 0.6 is 0 Å². The van der Waals surface area contributed by atoms with Crippen molar-refractivity contribution in [2.75, 3.05) is 18.0 Å². The topological polar surface area (TPSA) is 42.3 Å². The number of rotatable bonds is 6. The largest absolute Gasteiger partial charge is 0.433 e. The van der Waals surface area contributed by atoms with Gasteiger partial charge in [-0.3, -0.25) is 4.68 Å². The van der Waals surface area contributed by atoms with E-state index in [0.29, 0.717) is 6.04 Å². The van der Waals surface area contributed by atoms with Gasteiger partial charge in [0.25, 0.3) is 0 Å². The molecular weight excluding hydrogens is 314 g/mol. The molecule has 0 aliphatic carbocycles. The van der Waals surface area contributed by atoms with Crippen LogP contribution in [0.3, 0.4) is 0 Å². The molecular formula is C17H22F2N4O. The fourth-order valence-corrected chi connectivity index (χ4v) is 3.03. The quantitative estimate of drug-likeness (QED) is 0.881. The zero-order chi connectivity index (χ0) is 17.1. The van der Waals surface area contributed by atoms with Crippen LogP contribution in [0.15, 0.2) is 30.5 Å². The van der Waals surface area contributed by atoms with Crippen LogP contribution in [0.1, 0.15) is 17.7 Å². The maximum Gasteiger partial charge on any atom is 0.387 e. The van der Waals surface area contributed by atoms with Crippen molar-refractivity contribution in [3.63, 3.8) is 0 Å². The van der Waals surface area contributed by atoms with E-state index in [9.17, 15) is 8.78 Å². The minimum atomic E-state index is -2.81. The second kappa shape index (κ2) is 7.17. The number of nitrogens with one attached hydrogen (secondary N) is 1. The van der Waals surface area contributed by atoms with Crippen molar-refractivity contribution >= 4 is 5.69 Å². The molecule has 5 nitrogen and oxygen atoms in total. The van der Waals surface area contributed by atoms with Gasteiger partial charge < -0.3 is 15.0 Å². The first-order valence-corrected chi connectivity index (χ1v) is 8.04. The van der Waals surface area contributed by atoms with Crippen LogP contribution in [0.25, 0.3) is 0 Å². The number of hydrogen-bond donors (Lipinski definition) is 1. The van der Waals surface area contributed by atoms with E-state index in [1.54, 1.807) is 12.1 Å². The van der Waals surface area contributed by atoms with Gasteiger partial charge in [-0.15, -0.1) is 0 Å². The number of hydrogen-bond acceptors (Lipinski definition) is 4. The normalized spacial score (nSPS) is 17.7. The Morgan fingerprint density at radius 1 is 1.38 bits per heavy atom. The Labute approximate surface area is 140 Å². The Balaban J connectivity index is 1.60. The first-order chi connectivity index (χ1) is 11.5. The van der Waals surface area contributed by atoms with Gasteiger partial charge in [-0.05, 0) is 25.5 Å². The fourth-order valence-electron chi connectivity index (χ4n) is 3.03. The molecule has 1 aliphatic rings. The Bertz CT molecular complexity index is 689. The summed E-state index contributed by atoms with van der Waals surface area (Å²) in [4.78, 5) is 2.09. The van der Waals surface area contributed by atoms with E-state index in [0.717, 1.165) is 37.4 Å². The minimum Gasteiger partial charge on any atom is -0.433 e. The second-order valence-electron chi connectivity index (χ2n) is 6.04. The van der Waals surface area contributed by atoms with Gasteiger partial charge in [0.2, 0.25) is 0 Å². The summed E-state index contributed by atoms with van der Waals surface area (Å²) >= 11 is 0. The van der Waals surface area contributed by atoms with E-state index < -0.39 is 6.61 Å². The molecule has 1 aromatic heterocycles. The molecule has 1 atom stereocenters. The number of para-hydroxylation sites is 2. The molecule has 2 aromatic rings. The highest BCUT2D eigenvalue weighted by Crippen LogP contribution is 2.31. The summed E-state index contributed by atoms with van der Waals surface area (Å²) in [5.74, 6) is 0.233. The van der Waals surface area contributed by atoms with Crippen LogP contribution in [0.5, 0.6) is 5.75 Å². The smallest absolute Gasteiger partial charge is 0.387 e. The van der Waals surface area contributed by atoms with Gasteiger partial charge >= 0.3 is 6.61 Å². The maximum atomic E-state index is 12.6. The maximum absolute atomic E-state index is 12.6. The molecule has 0 bridgehead atoms. The summed E-state index contributed by atoms with van der Waals surface area (Å²) in [6, 6.07) is 7.27. The molecule has 24 heavy (non-hydrogen) atoms. The van der Waals surface area contributed by atoms with Crippen molar-refractivity contribution in [3.8, 4) is 5.75 Å². The van der Waals surface area contributed by atoms with Crippen molar-refractivity contribution in [1.29, 1.82) is 0 Å². The molecule has 1 saturated heterocycles. The summed E-state index contributed by atoms with van der Waals surface area (Å²) in [6.45, 7) is 1.57. The van der Waals surface area contributed by atoms with E-state index in [2.05, 4.69) is 20.1 Å². The van der Waals surface area contributed by atoms with Crippen LogP contribution in [-0.2, 0) is 13.6 Å². The van der Waals surface area contributed by atoms with Crippen LogP contribution in [0, 0.1) is 6.92 Å². The summed E-state index contributed by atoms with van der Waals surface area (Å²) in [7, 11) is 1.93. The van der Waals surface area contributed by atoms with E-state index in [-0.39, 0.29) is 5.75 Å². The van der Waals surface area contributed by atoms with Gasteiger partial charge in [-0.1, -0.05) is 12.1 Å². The molecule has 2 heterocycles. The zero-order valence-electron chi connectivity index (χ0n) is 13.9. The number of aromatic nitrogens is 2. The lowest BCUT2D eigenvalue weighted by molar-refractivity contribution is -0.0495.